The fourth-order valence-electron chi connectivity index (χ4n) is 0.589. The second-order valence-electron chi connectivity index (χ2n) is 2.55. The van der Waals surface area contributed by atoms with E-state index in [1.807, 2.05) is 0 Å². The van der Waals surface area contributed by atoms with Gasteiger partial charge in [0.05, 0.1) is 6.61 Å². The molecule has 0 N–H and O–H groups in total. The first kappa shape index (κ1) is 13.5. The molecular weight excluding hydrogens is 200 g/mol. The minimum absolute atomic E-state index is 0.202. The van der Waals surface area contributed by atoms with Gasteiger partial charge in [-0.25, -0.2) is 0 Å². The molecule has 0 aliphatic rings. The zero-order chi connectivity index (χ0) is 11.7. The molecule has 0 fully saturated rings. The van der Waals surface area contributed by atoms with Crippen LogP contribution in [0.2, 0.25) is 0 Å². The van der Waals surface area contributed by atoms with Crippen molar-refractivity contribution in [3.05, 3.63) is 12.2 Å². The third-order valence-corrected chi connectivity index (χ3v) is 1.35. The third-order valence-electron chi connectivity index (χ3n) is 1.35. The minimum Gasteiger partial charge on any atom is -0.494 e. The number of carbonyl (C=O) groups excluding carboxylic acids is 2. The molecule has 0 bridgehead atoms. The Balaban J connectivity index is 4.30. The summed E-state index contributed by atoms with van der Waals surface area (Å²) in [5.41, 5.74) is 0. The molecular formula is C10H16O5. The van der Waals surface area contributed by atoms with Crippen LogP contribution in [0.1, 0.15) is 33.6 Å². The Morgan fingerprint density at radius 1 is 1.00 bits per heavy atom. The fourth-order valence-corrected chi connectivity index (χ4v) is 0.589. The van der Waals surface area contributed by atoms with E-state index in [1.54, 1.807) is 20.8 Å². The molecule has 0 aliphatic heterocycles. The summed E-state index contributed by atoms with van der Waals surface area (Å²) in [6.07, 6.45) is 1.52. The Kier molecular flexibility index (Phi) is 7.05. The lowest BCUT2D eigenvalue weighted by molar-refractivity contribution is -0.154. The predicted molar refractivity (Wildman–Crippen MR) is 52.5 cm³/mol. The van der Waals surface area contributed by atoms with Crippen molar-refractivity contribution in [3.8, 4) is 0 Å². The second-order valence-corrected chi connectivity index (χ2v) is 2.55. The Morgan fingerprint density at radius 2 is 1.47 bits per heavy atom. The van der Waals surface area contributed by atoms with Gasteiger partial charge in [-0.15, -0.1) is 0 Å². The van der Waals surface area contributed by atoms with Crippen molar-refractivity contribution in [2.24, 2.45) is 0 Å². The average molecular weight is 216 g/mol. The summed E-state index contributed by atoms with van der Waals surface area (Å²) >= 11 is 0. The van der Waals surface area contributed by atoms with E-state index in [-0.39, 0.29) is 18.8 Å². The van der Waals surface area contributed by atoms with Gasteiger partial charge in [0.2, 0.25) is 0 Å². The molecule has 0 aromatic carbocycles. The molecule has 86 valence electrons. The summed E-state index contributed by atoms with van der Waals surface area (Å²) in [7, 11) is 0. The number of carbonyl (C=O) groups is 2. The van der Waals surface area contributed by atoms with E-state index in [0.29, 0.717) is 6.61 Å². The molecule has 5 heteroatoms. The molecule has 0 rings (SSSR count). The number of rotatable bonds is 6. The highest BCUT2D eigenvalue weighted by Crippen LogP contribution is 2.04. The molecule has 0 saturated heterocycles. The Hall–Kier alpha value is -1.52. The highest BCUT2D eigenvalue weighted by atomic mass is 16.7. The first-order chi connectivity index (χ1) is 7.13. The number of esters is 2. The Bertz CT molecular complexity index is 224. The highest BCUT2D eigenvalue weighted by Gasteiger charge is 2.10. The highest BCUT2D eigenvalue weighted by molar-refractivity contribution is 5.72. The largest absolute Gasteiger partial charge is 0.494 e. The van der Waals surface area contributed by atoms with Crippen molar-refractivity contribution in [2.75, 3.05) is 6.61 Å². The van der Waals surface area contributed by atoms with Crippen LogP contribution in [0.4, 0.5) is 0 Å². The van der Waals surface area contributed by atoms with Crippen molar-refractivity contribution < 1.29 is 23.8 Å². The van der Waals surface area contributed by atoms with Crippen molar-refractivity contribution in [3.63, 3.8) is 0 Å². The summed E-state index contributed by atoms with van der Waals surface area (Å²) in [6, 6.07) is 0. The van der Waals surface area contributed by atoms with Gasteiger partial charge < -0.3 is 14.2 Å². The minimum atomic E-state index is -0.482. The maximum atomic E-state index is 10.9. The molecule has 0 atom stereocenters. The van der Waals surface area contributed by atoms with Crippen LogP contribution in [0, 0.1) is 0 Å². The van der Waals surface area contributed by atoms with Crippen LogP contribution in [0.15, 0.2) is 12.2 Å². The standard InChI is InChI=1S/C10H16O5/c1-4-8(11)14-10(7-13-6-3)15-9(12)5-2/h7H,4-6H2,1-3H3. The summed E-state index contributed by atoms with van der Waals surface area (Å²) in [5.74, 6) is -1.18. The Morgan fingerprint density at radius 3 is 1.80 bits per heavy atom. The molecule has 0 unspecified atom stereocenters. The Labute approximate surface area is 89.0 Å². The first-order valence-corrected chi connectivity index (χ1v) is 4.87. The molecule has 0 heterocycles. The van der Waals surface area contributed by atoms with Gasteiger partial charge in [0, 0.05) is 12.8 Å². The third kappa shape index (κ3) is 6.54. The number of hydrogen-bond acceptors (Lipinski definition) is 5. The van der Waals surface area contributed by atoms with Crippen LogP contribution in [-0.4, -0.2) is 18.5 Å². The summed E-state index contributed by atoms with van der Waals surface area (Å²) < 4.78 is 14.3. The molecule has 15 heavy (non-hydrogen) atoms. The molecule has 0 spiro atoms. The fraction of sp³-hybridized carbons (Fsp3) is 0.600. The monoisotopic (exact) mass is 216 g/mol. The summed E-state index contributed by atoms with van der Waals surface area (Å²) in [6.45, 7) is 5.44. The normalized spacial score (nSPS) is 9.00. The van der Waals surface area contributed by atoms with Crippen LogP contribution in [-0.2, 0) is 23.8 Å². The topological polar surface area (TPSA) is 61.8 Å². The molecule has 0 aliphatic carbocycles. The van der Waals surface area contributed by atoms with E-state index >= 15 is 0 Å². The maximum absolute atomic E-state index is 10.9. The van der Waals surface area contributed by atoms with Gasteiger partial charge in [0.25, 0.3) is 0 Å². The second kappa shape index (κ2) is 7.84. The molecule has 0 amide bonds. The van der Waals surface area contributed by atoms with E-state index in [1.165, 1.54) is 0 Å². The lowest BCUT2D eigenvalue weighted by Crippen LogP contribution is -2.10. The number of hydrogen-bond donors (Lipinski definition) is 0. The van der Waals surface area contributed by atoms with Gasteiger partial charge in [-0.3, -0.25) is 9.59 Å². The molecule has 0 radical (unpaired) electrons. The van der Waals surface area contributed by atoms with E-state index in [4.69, 9.17) is 14.2 Å². The quantitative estimate of drug-likeness (QED) is 0.499. The van der Waals surface area contributed by atoms with Crippen LogP contribution in [0.3, 0.4) is 0 Å². The van der Waals surface area contributed by atoms with E-state index in [2.05, 4.69) is 0 Å². The molecule has 0 saturated carbocycles. The zero-order valence-corrected chi connectivity index (χ0v) is 9.24. The van der Waals surface area contributed by atoms with Gasteiger partial charge in [0.1, 0.15) is 0 Å². The van der Waals surface area contributed by atoms with Gasteiger partial charge in [-0.2, -0.15) is 0 Å². The van der Waals surface area contributed by atoms with Gasteiger partial charge in [-0.05, 0) is 6.92 Å². The predicted octanol–water partition coefficient (Wildman–Crippen LogP) is 1.73. The average Bonchev–Trinajstić information content (AvgIpc) is 2.25. The first-order valence-electron chi connectivity index (χ1n) is 4.87. The van der Waals surface area contributed by atoms with E-state index in [0.717, 1.165) is 6.26 Å². The smallest absolute Gasteiger partial charge is 0.331 e. The van der Waals surface area contributed by atoms with Gasteiger partial charge in [-0.1, -0.05) is 13.8 Å². The van der Waals surface area contributed by atoms with Crippen LogP contribution in [0.25, 0.3) is 0 Å². The lowest BCUT2D eigenvalue weighted by atomic mass is 10.5. The van der Waals surface area contributed by atoms with Crippen molar-refractivity contribution in [1.29, 1.82) is 0 Å². The molecule has 0 aromatic heterocycles. The summed E-state index contributed by atoms with van der Waals surface area (Å²) in [4.78, 5) is 21.9. The van der Waals surface area contributed by atoms with Crippen molar-refractivity contribution in [1.82, 2.24) is 0 Å². The van der Waals surface area contributed by atoms with E-state index < -0.39 is 11.9 Å². The van der Waals surface area contributed by atoms with Gasteiger partial charge >= 0.3 is 17.9 Å². The molecule has 5 nitrogen and oxygen atoms in total. The molecule has 0 aromatic rings. The SMILES string of the molecule is CCOC=C(OC(=O)CC)OC(=O)CC. The van der Waals surface area contributed by atoms with Crippen molar-refractivity contribution in [2.45, 2.75) is 33.6 Å². The number of ether oxygens (including phenoxy) is 3. The van der Waals surface area contributed by atoms with E-state index in [9.17, 15) is 9.59 Å². The van der Waals surface area contributed by atoms with Crippen LogP contribution in [0.5, 0.6) is 0 Å². The summed E-state index contributed by atoms with van der Waals surface area (Å²) in [5, 5.41) is 0. The lowest BCUT2D eigenvalue weighted by Gasteiger charge is -2.07. The van der Waals surface area contributed by atoms with Crippen molar-refractivity contribution >= 4 is 11.9 Å². The van der Waals surface area contributed by atoms with Gasteiger partial charge in [0.15, 0.2) is 6.26 Å². The van der Waals surface area contributed by atoms with Crippen LogP contribution >= 0.6 is 0 Å². The zero-order valence-electron chi connectivity index (χ0n) is 9.24. The van der Waals surface area contributed by atoms with Crippen LogP contribution < -0.4 is 0 Å². The maximum Gasteiger partial charge on any atom is 0.331 e.